The minimum Gasteiger partial charge on any atom is -0.622 e. The number of halogens is 4. The summed E-state index contributed by atoms with van der Waals surface area (Å²) in [4.78, 5) is 12.0. The van der Waals surface area contributed by atoms with Gasteiger partial charge in [-0.2, -0.15) is 0 Å². The van der Waals surface area contributed by atoms with Crippen molar-refractivity contribution < 1.29 is 9.53 Å². The van der Waals surface area contributed by atoms with Crippen molar-refractivity contribution in [3.05, 3.63) is 10.2 Å². The average molecular weight is 551 g/mol. The van der Waals surface area contributed by atoms with Gasteiger partial charge in [-0.3, -0.25) is 14.8 Å². The van der Waals surface area contributed by atoms with E-state index in [2.05, 4.69) is 38.4 Å². The number of nitrogens with one attached hydrogen (secondary N) is 1. The Morgan fingerprint density at radius 2 is 2.10 bits per heavy atom. The fourth-order valence-electron chi connectivity index (χ4n) is 3.11. The van der Waals surface area contributed by atoms with Crippen molar-refractivity contribution in [1.82, 2.24) is 20.2 Å². The highest BCUT2D eigenvalue weighted by Gasteiger charge is 2.45. The first-order valence-corrected chi connectivity index (χ1v) is 12.4. The van der Waals surface area contributed by atoms with E-state index < -0.39 is 14.7 Å². The molecule has 0 bridgehead atoms. The highest BCUT2D eigenvalue weighted by Crippen LogP contribution is 2.48. The Bertz CT molecular complexity index is 727. The summed E-state index contributed by atoms with van der Waals surface area (Å²) < 4.78 is 3.31. The molecular formula is C17H24BrCl3N4O3S. The molecule has 0 radical (unpaired) electrons. The number of hydrogen-bond acceptors (Lipinski definition) is 7. The number of quaternary nitrogens is 1. The van der Waals surface area contributed by atoms with Gasteiger partial charge in [-0.15, -0.1) is 5.10 Å². The average Bonchev–Trinajstić information content (AvgIpc) is 2.98. The summed E-state index contributed by atoms with van der Waals surface area (Å²) in [6.07, 6.45) is 7.25. The Morgan fingerprint density at radius 1 is 1.41 bits per heavy atom. The molecule has 3 aliphatic rings. The van der Waals surface area contributed by atoms with Crippen LogP contribution in [-0.4, -0.2) is 39.9 Å². The third-order valence-electron chi connectivity index (χ3n) is 5.29. The molecule has 7 nitrogen and oxygen atoms in total. The summed E-state index contributed by atoms with van der Waals surface area (Å²) in [7, 11) is 0. The fourth-order valence-corrected chi connectivity index (χ4v) is 4.96. The number of esters is 1. The summed E-state index contributed by atoms with van der Waals surface area (Å²) in [5.41, 5.74) is 0. The lowest BCUT2D eigenvalue weighted by Crippen LogP contribution is -2.51. The van der Waals surface area contributed by atoms with Gasteiger partial charge >= 0.3 is 11.1 Å². The van der Waals surface area contributed by atoms with Crippen LogP contribution in [0.25, 0.3) is 0 Å². The molecule has 0 aromatic carbocycles. The molecule has 3 fully saturated rings. The van der Waals surface area contributed by atoms with Crippen LogP contribution < -0.4 is 9.96 Å². The molecule has 2 aliphatic carbocycles. The fraction of sp³-hybridized carbons (Fsp3) is 0.824. The number of carbonyl (C=O) groups is 1. The number of hydroxylamine groups is 2. The molecule has 1 N–H and O–H groups in total. The van der Waals surface area contributed by atoms with Crippen molar-refractivity contribution in [2.24, 2.45) is 5.92 Å². The van der Waals surface area contributed by atoms with Crippen molar-refractivity contribution >= 4 is 73.2 Å². The molecule has 1 aliphatic heterocycles. The van der Waals surface area contributed by atoms with Gasteiger partial charge in [0.2, 0.25) is 3.79 Å². The molecule has 12 heteroatoms. The molecule has 29 heavy (non-hydrogen) atoms. The molecule has 1 saturated heterocycles. The predicted molar refractivity (Wildman–Crippen MR) is 120 cm³/mol. The van der Waals surface area contributed by atoms with Crippen molar-refractivity contribution in [3.63, 3.8) is 0 Å². The van der Waals surface area contributed by atoms with E-state index in [1.54, 1.807) is 0 Å². The molecule has 1 aromatic rings. The normalized spacial score (nSPS) is 28.3. The summed E-state index contributed by atoms with van der Waals surface area (Å²) in [5.74, 6) is -0.426. The Labute approximate surface area is 197 Å². The second kappa shape index (κ2) is 9.40. The quantitative estimate of drug-likeness (QED) is 0.237. The van der Waals surface area contributed by atoms with Gasteiger partial charge in [0.1, 0.15) is 6.67 Å². The zero-order chi connectivity index (χ0) is 21.3. The Balaban J connectivity index is 0.000000290. The lowest BCUT2D eigenvalue weighted by atomic mass is 9.86. The van der Waals surface area contributed by atoms with E-state index in [1.807, 2.05) is 0 Å². The molecule has 2 heterocycles. The minimum atomic E-state index is -1.74. The molecule has 164 valence electrons. The Morgan fingerprint density at radius 3 is 2.55 bits per heavy atom. The molecule has 2 unspecified atom stereocenters. The van der Waals surface area contributed by atoms with Crippen LogP contribution in [0.1, 0.15) is 56.9 Å². The Kier molecular flexibility index (Phi) is 7.75. The van der Waals surface area contributed by atoms with E-state index >= 15 is 0 Å². The van der Waals surface area contributed by atoms with Crippen molar-refractivity contribution in [2.75, 3.05) is 13.2 Å². The number of aromatic nitrogens is 2. The maximum atomic E-state index is 13.0. The number of hydrogen-bond donors (Lipinski definition) is 1. The van der Waals surface area contributed by atoms with Gasteiger partial charge in [0, 0.05) is 4.32 Å². The maximum absolute atomic E-state index is 13.0. The van der Waals surface area contributed by atoms with Gasteiger partial charge in [-0.25, -0.2) is 0 Å². The number of ether oxygens (including phenoxy) is 1. The van der Waals surface area contributed by atoms with Crippen LogP contribution in [0.2, 0.25) is 0 Å². The first kappa shape index (κ1) is 23.9. The van der Waals surface area contributed by atoms with Crippen LogP contribution in [0.4, 0.5) is 5.13 Å². The topological polar surface area (TPSA) is 87.2 Å². The summed E-state index contributed by atoms with van der Waals surface area (Å²) >= 11 is 21.8. The Hall–Kier alpha value is 0.260. The SMILES string of the molecule is CCCC1(Br)CC1.O=C(OC1CNC[N+]1([O-])c1nnc(C(Cl)(Cl)Cl)s1)C1CCC1. The van der Waals surface area contributed by atoms with Gasteiger partial charge in [0.25, 0.3) is 6.23 Å². The molecule has 0 amide bonds. The molecule has 4 rings (SSSR count). The van der Waals surface area contributed by atoms with Crippen LogP contribution >= 0.6 is 62.1 Å². The second-order valence-corrected chi connectivity index (χ2v) is 12.6. The van der Waals surface area contributed by atoms with Crippen LogP contribution in [0.5, 0.6) is 0 Å². The van der Waals surface area contributed by atoms with Crippen LogP contribution in [0.3, 0.4) is 0 Å². The lowest BCUT2D eigenvalue weighted by Gasteiger charge is -2.38. The van der Waals surface area contributed by atoms with E-state index in [9.17, 15) is 10.0 Å². The number of rotatable bonds is 5. The van der Waals surface area contributed by atoms with E-state index in [1.165, 1.54) is 25.7 Å². The molecule has 0 spiro atoms. The van der Waals surface area contributed by atoms with Gasteiger partial charge < -0.3 is 9.94 Å². The van der Waals surface area contributed by atoms with Gasteiger partial charge in [0.15, 0.2) is 5.01 Å². The standard InChI is InChI=1S/C11H13Cl3N4O3S.C6H11Br/c12-11(13,14)9-16-17-10(22-9)18(20)5-15-4-7(18)21-8(19)6-2-1-3-6;1-2-3-6(7)4-5-6/h6-7,15H,1-5H2;2-5H2,1H3. The third kappa shape index (κ3) is 5.94. The van der Waals surface area contributed by atoms with E-state index in [0.29, 0.717) is 4.32 Å². The van der Waals surface area contributed by atoms with Gasteiger partial charge in [-0.05, 0) is 43.4 Å². The molecule has 1 aromatic heterocycles. The third-order valence-corrected chi connectivity index (χ3v) is 8.51. The van der Waals surface area contributed by atoms with Crippen LogP contribution in [-0.2, 0) is 13.3 Å². The minimum absolute atomic E-state index is 0.0249. The number of alkyl halides is 4. The van der Waals surface area contributed by atoms with Crippen molar-refractivity contribution in [1.29, 1.82) is 0 Å². The summed E-state index contributed by atoms with van der Waals surface area (Å²) in [6, 6.07) is 0. The van der Waals surface area contributed by atoms with Gasteiger partial charge in [0.05, 0.1) is 12.5 Å². The van der Waals surface area contributed by atoms with Gasteiger partial charge in [-0.1, -0.05) is 75.6 Å². The molecule has 2 saturated carbocycles. The van der Waals surface area contributed by atoms with Crippen LogP contribution in [0.15, 0.2) is 0 Å². The maximum Gasteiger partial charge on any atom is 0.313 e. The van der Waals surface area contributed by atoms with E-state index in [0.717, 1.165) is 30.6 Å². The zero-order valence-electron chi connectivity index (χ0n) is 16.0. The van der Waals surface area contributed by atoms with E-state index in [4.69, 9.17) is 39.5 Å². The summed E-state index contributed by atoms with van der Waals surface area (Å²) in [6.45, 7) is 2.52. The molecule has 2 atom stereocenters. The first-order valence-electron chi connectivity index (χ1n) is 9.67. The first-order chi connectivity index (χ1) is 13.6. The monoisotopic (exact) mass is 548 g/mol. The highest BCUT2D eigenvalue weighted by molar-refractivity contribution is 9.10. The number of carbonyl (C=O) groups excluding carboxylic acids is 1. The van der Waals surface area contributed by atoms with E-state index in [-0.39, 0.29) is 35.2 Å². The second-order valence-electron chi connectivity index (χ2n) is 7.72. The largest absolute Gasteiger partial charge is 0.622 e. The zero-order valence-corrected chi connectivity index (χ0v) is 20.7. The lowest BCUT2D eigenvalue weighted by molar-refractivity contribution is -0.161. The highest BCUT2D eigenvalue weighted by atomic mass is 79.9. The number of nitrogens with zero attached hydrogens (tertiary/aromatic N) is 3. The molecular weight excluding hydrogens is 527 g/mol. The summed E-state index contributed by atoms with van der Waals surface area (Å²) in [5, 5.41) is 23.7. The van der Waals surface area contributed by atoms with Crippen LogP contribution in [0, 0.1) is 11.1 Å². The predicted octanol–water partition coefficient (Wildman–Crippen LogP) is 5.11. The van der Waals surface area contributed by atoms with Crippen molar-refractivity contribution in [2.45, 2.75) is 66.2 Å². The smallest absolute Gasteiger partial charge is 0.313 e. The van der Waals surface area contributed by atoms with Crippen molar-refractivity contribution in [3.8, 4) is 0 Å².